The summed E-state index contributed by atoms with van der Waals surface area (Å²) in [6, 6.07) is 0. The van der Waals surface area contributed by atoms with Gasteiger partial charge in [-0.1, -0.05) is 0 Å². The molecule has 0 saturated heterocycles. The number of carbonyl (C=O) groups excluding carboxylic acids is 1. The predicted octanol–water partition coefficient (Wildman–Crippen LogP) is -1.23. The van der Waals surface area contributed by atoms with Crippen LogP contribution in [0.1, 0.15) is 6.92 Å². The molecule has 0 saturated carbocycles. The van der Waals surface area contributed by atoms with Gasteiger partial charge < -0.3 is 4.18 Å². The van der Waals surface area contributed by atoms with Gasteiger partial charge in [-0.05, 0) is 0 Å². The first-order valence-corrected chi connectivity index (χ1v) is 3.96. The van der Waals surface area contributed by atoms with Crippen LogP contribution in [0.3, 0.4) is 0 Å². The second-order valence-corrected chi connectivity index (χ2v) is 3.29. The number of rotatable bonds is 1. The van der Waals surface area contributed by atoms with E-state index >= 15 is 0 Å². The van der Waals surface area contributed by atoms with Crippen LogP contribution in [0.2, 0.25) is 0 Å². The zero-order valence-electron chi connectivity index (χ0n) is 4.70. The first kappa shape index (κ1) is 12.4. The van der Waals surface area contributed by atoms with E-state index in [1.807, 2.05) is 0 Å². The molecule has 2 radical (unpaired) electrons. The van der Waals surface area contributed by atoms with Gasteiger partial charge >= 0.3 is 42.3 Å². The topological polar surface area (TPSA) is 63.6 Å². The van der Waals surface area contributed by atoms with E-state index in [0.29, 0.717) is 0 Å². The maximum absolute atomic E-state index is 9.92. The Labute approximate surface area is 77.8 Å². The summed E-state index contributed by atoms with van der Waals surface area (Å²) in [7, 11) is -3.74. The quantitative estimate of drug-likeness (QED) is 0.590. The van der Waals surface area contributed by atoms with Crippen LogP contribution < -0.4 is 0 Å². The van der Waals surface area contributed by atoms with Crippen LogP contribution >= 0.6 is 0 Å². The molecule has 0 spiro atoms. The number of carbonyl (C=O) groups is 1. The van der Waals surface area contributed by atoms with Crippen molar-refractivity contribution < 1.29 is 17.7 Å². The molecule has 0 fully saturated rings. The Morgan fingerprint density at radius 1 is 1.78 bits per heavy atom. The fourth-order valence-electron chi connectivity index (χ4n) is 0.148. The SMILES string of the molecule is CC(=O)OS(=O)(O)=S.[PbH2]. The molecular weight excluding hydrogens is 359 g/mol. The standard InChI is InChI=1S/C2H4O4S2.Pb.2H/c1-2(3)6-8(4,5)7;;;/h1H3,(H,4,5,7);;;. The third-order valence-corrected chi connectivity index (χ3v) is 0.872. The van der Waals surface area contributed by atoms with Crippen LogP contribution in [-0.2, 0) is 29.2 Å². The van der Waals surface area contributed by atoms with Gasteiger partial charge in [0.1, 0.15) is 0 Å². The van der Waals surface area contributed by atoms with Gasteiger partial charge in [0.15, 0.2) is 0 Å². The zero-order chi connectivity index (χ0) is 6.78. The molecule has 0 amide bonds. The number of hydrogen-bond acceptors (Lipinski definition) is 4. The summed E-state index contributed by atoms with van der Waals surface area (Å²) in [5.41, 5.74) is 0. The van der Waals surface area contributed by atoms with Crippen LogP contribution in [0.5, 0.6) is 0 Å². The van der Waals surface area contributed by atoms with Gasteiger partial charge in [-0.25, -0.2) is 0 Å². The fraction of sp³-hybridized carbons (Fsp3) is 0.500. The van der Waals surface area contributed by atoms with E-state index in [9.17, 15) is 9.00 Å². The Balaban J connectivity index is 0. The summed E-state index contributed by atoms with van der Waals surface area (Å²) >= 11 is 3.80. The minimum atomic E-state index is -3.74. The first-order valence-electron chi connectivity index (χ1n) is 1.59. The molecule has 0 aromatic carbocycles. The van der Waals surface area contributed by atoms with Crippen molar-refractivity contribution in [3.8, 4) is 0 Å². The zero-order valence-corrected chi connectivity index (χ0v) is 11.8. The van der Waals surface area contributed by atoms with Crippen LogP contribution in [0.15, 0.2) is 0 Å². The van der Waals surface area contributed by atoms with Gasteiger partial charge in [0.05, 0.1) is 11.2 Å². The van der Waals surface area contributed by atoms with Gasteiger partial charge in [0.2, 0.25) is 0 Å². The van der Waals surface area contributed by atoms with E-state index in [0.717, 1.165) is 6.92 Å². The van der Waals surface area contributed by atoms with Gasteiger partial charge in [-0.15, -0.1) is 0 Å². The molecule has 0 aliphatic heterocycles. The Morgan fingerprint density at radius 3 is 2.11 bits per heavy atom. The van der Waals surface area contributed by atoms with Crippen molar-refractivity contribution in [3.05, 3.63) is 0 Å². The van der Waals surface area contributed by atoms with Crippen molar-refractivity contribution in [2.24, 2.45) is 0 Å². The molecule has 9 heavy (non-hydrogen) atoms. The molecule has 0 rings (SSSR count). The molecule has 1 N–H and O–H groups in total. The van der Waals surface area contributed by atoms with E-state index in [1.54, 1.807) is 0 Å². The minimum absolute atomic E-state index is 0. The van der Waals surface area contributed by atoms with Gasteiger partial charge in [-0.3, -0.25) is 9.35 Å². The maximum atomic E-state index is 9.92. The van der Waals surface area contributed by atoms with E-state index in [2.05, 4.69) is 15.4 Å². The summed E-state index contributed by atoms with van der Waals surface area (Å²) in [6.07, 6.45) is 0. The third kappa shape index (κ3) is 12.0. The molecule has 0 heterocycles. The van der Waals surface area contributed by atoms with E-state index < -0.39 is 15.0 Å². The molecule has 4 nitrogen and oxygen atoms in total. The average molecular weight is 365 g/mol. The summed E-state index contributed by atoms with van der Waals surface area (Å²) in [6.45, 7) is 1.00. The summed E-state index contributed by atoms with van der Waals surface area (Å²) in [5, 5.41) is 0. The van der Waals surface area contributed by atoms with Crippen LogP contribution in [-0.4, -0.2) is 42.0 Å². The van der Waals surface area contributed by atoms with Crippen molar-refractivity contribution in [2.45, 2.75) is 6.92 Å². The van der Waals surface area contributed by atoms with Crippen molar-refractivity contribution in [1.82, 2.24) is 0 Å². The molecule has 0 aromatic heterocycles. The first-order chi connectivity index (χ1) is 3.42. The average Bonchev–Trinajstić information content (AvgIpc) is 1.21. The van der Waals surface area contributed by atoms with Gasteiger partial charge in [0.25, 0.3) is 0 Å². The molecule has 7 heteroatoms. The normalized spacial score (nSPS) is 14.9. The third-order valence-electron chi connectivity index (χ3n) is 0.223. The van der Waals surface area contributed by atoms with Crippen LogP contribution in [0.4, 0.5) is 0 Å². The second-order valence-electron chi connectivity index (χ2n) is 1.00. The van der Waals surface area contributed by atoms with Crippen LogP contribution in [0, 0.1) is 0 Å². The Morgan fingerprint density at radius 2 is 2.11 bits per heavy atom. The molecular formula is C2H6O4PbS2. The molecule has 0 aliphatic carbocycles. The Kier molecular flexibility index (Phi) is 6.23. The van der Waals surface area contributed by atoms with Gasteiger partial charge in [0, 0.05) is 6.92 Å². The fourth-order valence-corrected chi connectivity index (χ4v) is 0.732. The van der Waals surface area contributed by atoms with E-state index in [-0.39, 0.29) is 27.3 Å². The molecule has 0 aliphatic rings. The van der Waals surface area contributed by atoms with Crippen molar-refractivity contribution >= 4 is 53.5 Å². The molecule has 0 bridgehead atoms. The van der Waals surface area contributed by atoms with Crippen molar-refractivity contribution in [2.75, 3.05) is 0 Å². The second kappa shape index (κ2) is 4.52. The van der Waals surface area contributed by atoms with Crippen molar-refractivity contribution in [1.29, 1.82) is 0 Å². The summed E-state index contributed by atoms with van der Waals surface area (Å²) in [4.78, 5) is 9.83. The van der Waals surface area contributed by atoms with Crippen molar-refractivity contribution in [3.63, 3.8) is 0 Å². The summed E-state index contributed by atoms with van der Waals surface area (Å²) in [5.74, 6) is -0.854. The molecule has 54 valence electrons. The molecule has 1 atom stereocenters. The van der Waals surface area contributed by atoms with E-state index in [1.165, 1.54) is 0 Å². The van der Waals surface area contributed by atoms with E-state index in [4.69, 9.17) is 4.55 Å². The van der Waals surface area contributed by atoms with Gasteiger partial charge in [-0.2, -0.15) is 4.21 Å². The Hall–Kier alpha value is 0.722. The predicted molar refractivity (Wildman–Crippen MR) is 38.4 cm³/mol. The molecule has 0 aromatic rings. The van der Waals surface area contributed by atoms with Crippen LogP contribution in [0.25, 0.3) is 0 Å². The monoisotopic (exact) mass is 366 g/mol. The number of hydrogen-bond donors (Lipinski definition) is 1. The summed E-state index contributed by atoms with van der Waals surface area (Å²) < 4.78 is 21.7. The molecule has 1 unspecified atom stereocenters. The Bertz CT molecular complexity index is 183.